The zero-order chi connectivity index (χ0) is 12.2. The second-order valence-electron chi connectivity index (χ2n) is 4.54. The van der Waals surface area contributed by atoms with E-state index in [9.17, 15) is 21.2 Å². The largest absolute Gasteiger partial charge is 0.269 e. The number of sulfone groups is 1. The van der Waals surface area contributed by atoms with Gasteiger partial charge in [-0.3, -0.25) is 4.18 Å². The maximum absolute atomic E-state index is 13.6. The van der Waals surface area contributed by atoms with E-state index in [4.69, 9.17) is 0 Å². The fourth-order valence-corrected chi connectivity index (χ4v) is 4.38. The van der Waals surface area contributed by atoms with Crippen molar-refractivity contribution in [2.45, 2.75) is 35.4 Å². The van der Waals surface area contributed by atoms with Crippen molar-refractivity contribution in [3.05, 3.63) is 0 Å². The molecule has 2 saturated carbocycles. The first-order valence-electron chi connectivity index (χ1n) is 4.90. The second-order valence-corrected chi connectivity index (χ2v) is 8.78. The monoisotopic (exact) mass is 272 g/mol. The molecule has 0 heterocycles. The minimum atomic E-state index is -3.93. The van der Waals surface area contributed by atoms with Crippen LogP contribution in [-0.2, 0) is 24.1 Å². The Morgan fingerprint density at radius 3 is 1.94 bits per heavy atom. The van der Waals surface area contributed by atoms with Crippen LogP contribution < -0.4 is 0 Å². The molecule has 0 unspecified atom stereocenters. The Bertz CT molecular complexity index is 499. The molecule has 0 aromatic rings. The van der Waals surface area contributed by atoms with Crippen LogP contribution in [0.5, 0.6) is 0 Å². The number of alkyl halides is 1. The lowest BCUT2D eigenvalue weighted by Crippen LogP contribution is -2.37. The lowest BCUT2D eigenvalue weighted by atomic mass is 10.5. The molecule has 0 aromatic carbocycles. The number of hydrogen-bond donors (Lipinski definition) is 0. The van der Waals surface area contributed by atoms with E-state index in [0.29, 0.717) is 0 Å². The predicted octanol–water partition coefficient (Wildman–Crippen LogP) is 0.370. The zero-order valence-electron chi connectivity index (χ0n) is 8.77. The van der Waals surface area contributed by atoms with Crippen molar-refractivity contribution in [1.29, 1.82) is 0 Å². The van der Waals surface area contributed by atoms with Gasteiger partial charge in [-0.05, 0) is 25.7 Å². The molecule has 5 nitrogen and oxygen atoms in total. The van der Waals surface area contributed by atoms with Crippen LogP contribution in [0.3, 0.4) is 0 Å². The predicted molar refractivity (Wildman–Crippen MR) is 54.8 cm³/mol. The fraction of sp³-hybridized carbons (Fsp3) is 1.00. The first-order chi connectivity index (χ1) is 7.12. The van der Waals surface area contributed by atoms with Gasteiger partial charge in [-0.1, -0.05) is 0 Å². The van der Waals surface area contributed by atoms with Crippen LogP contribution in [0.4, 0.5) is 4.39 Å². The van der Waals surface area contributed by atoms with Gasteiger partial charge in [-0.25, -0.2) is 12.8 Å². The summed E-state index contributed by atoms with van der Waals surface area (Å²) in [5, 5.41) is -2.13. The van der Waals surface area contributed by atoms with Crippen LogP contribution in [0.1, 0.15) is 25.7 Å². The molecule has 0 spiro atoms. The number of hydrogen-bond acceptors (Lipinski definition) is 5. The van der Waals surface area contributed by atoms with E-state index in [1.54, 1.807) is 0 Å². The summed E-state index contributed by atoms with van der Waals surface area (Å²) in [6.07, 6.45) is 1.41. The molecule has 8 heteroatoms. The number of rotatable bonds is 5. The SMILES string of the molecule is CS(=O)(=O)OCC1(S(=O)(=O)C2(F)CC2)CC1. The molecule has 0 saturated heterocycles. The van der Waals surface area contributed by atoms with Crippen LogP contribution in [0.15, 0.2) is 0 Å². The molecule has 2 fully saturated rings. The van der Waals surface area contributed by atoms with Gasteiger partial charge < -0.3 is 0 Å². The summed E-state index contributed by atoms with van der Waals surface area (Å²) in [5.74, 6) is 0. The van der Waals surface area contributed by atoms with Crippen LogP contribution >= 0.6 is 0 Å². The maximum Gasteiger partial charge on any atom is 0.264 e. The fourth-order valence-electron chi connectivity index (χ4n) is 1.60. The minimum absolute atomic E-state index is 0.00988. The summed E-state index contributed by atoms with van der Waals surface area (Å²) in [5.41, 5.74) is 0. The zero-order valence-corrected chi connectivity index (χ0v) is 10.4. The van der Waals surface area contributed by atoms with E-state index in [1.807, 2.05) is 0 Å². The van der Waals surface area contributed by atoms with Crippen LogP contribution in [0, 0.1) is 0 Å². The molecule has 0 radical (unpaired) electrons. The first-order valence-corrected chi connectivity index (χ1v) is 8.19. The molecule has 16 heavy (non-hydrogen) atoms. The Kier molecular flexibility index (Phi) is 2.43. The van der Waals surface area contributed by atoms with Gasteiger partial charge in [0.1, 0.15) is 4.75 Å². The Morgan fingerprint density at radius 2 is 1.62 bits per heavy atom. The van der Waals surface area contributed by atoms with E-state index < -0.39 is 36.3 Å². The lowest BCUT2D eigenvalue weighted by molar-refractivity contribution is 0.304. The molecule has 0 aromatic heterocycles. The van der Waals surface area contributed by atoms with Gasteiger partial charge in [0.25, 0.3) is 10.1 Å². The van der Waals surface area contributed by atoms with Gasteiger partial charge in [0, 0.05) is 0 Å². The Morgan fingerprint density at radius 1 is 1.12 bits per heavy atom. The van der Waals surface area contributed by atoms with E-state index in [-0.39, 0.29) is 25.7 Å². The minimum Gasteiger partial charge on any atom is -0.269 e. The topological polar surface area (TPSA) is 77.5 Å². The molecule has 0 amide bonds. The molecule has 0 bridgehead atoms. The normalized spacial score (nSPS) is 26.4. The summed E-state index contributed by atoms with van der Waals surface area (Å²) in [6, 6.07) is 0. The highest BCUT2D eigenvalue weighted by atomic mass is 32.2. The van der Waals surface area contributed by atoms with Gasteiger partial charge >= 0.3 is 0 Å². The lowest BCUT2D eigenvalue weighted by Gasteiger charge is -2.17. The van der Waals surface area contributed by atoms with Gasteiger partial charge in [-0.15, -0.1) is 0 Å². The van der Waals surface area contributed by atoms with Gasteiger partial charge in [0.15, 0.2) is 9.84 Å². The van der Waals surface area contributed by atoms with E-state index in [2.05, 4.69) is 4.18 Å². The van der Waals surface area contributed by atoms with Crippen molar-refractivity contribution in [2.75, 3.05) is 12.9 Å². The Hall–Kier alpha value is -0.210. The average molecular weight is 272 g/mol. The highest BCUT2D eigenvalue weighted by molar-refractivity contribution is 7.94. The average Bonchev–Trinajstić information content (AvgIpc) is 2.95. The molecule has 2 rings (SSSR count). The molecule has 0 aliphatic heterocycles. The standard InChI is InChI=1S/C8H13FO5S2/c1-15(10,11)14-6-7(2-3-7)16(12,13)8(9)4-5-8/h2-6H2,1H3. The van der Waals surface area contributed by atoms with Crippen molar-refractivity contribution in [2.24, 2.45) is 0 Å². The van der Waals surface area contributed by atoms with Gasteiger partial charge in [0.2, 0.25) is 5.00 Å². The third kappa shape index (κ3) is 1.86. The summed E-state index contributed by atoms with van der Waals surface area (Å²) in [6.45, 7) is -0.458. The molecular formula is C8H13FO5S2. The van der Waals surface area contributed by atoms with E-state index in [0.717, 1.165) is 6.26 Å². The third-order valence-corrected chi connectivity index (χ3v) is 6.62. The van der Waals surface area contributed by atoms with E-state index in [1.165, 1.54) is 0 Å². The molecule has 0 N–H and O–H groups in total. The third-order valence-electron chi connectivity index (χ3n) is 3.04. The molecule has 94 valence electrons. The smallest absolute Gasteiger partial charge is 0.264 e. The van der Waals surface area contributed by atoms with Gasteiger partial charge in [0.05, 0.1) is 12.9 Å². The quantitative estimate of drug-likeness (QED) is 0.676. The Balaban J connectivity index is 2.15. The van der Waals surface area contributed by atoms with Crippen LogP contribution in [-0.4, -0.2) is 39.4 Å². The highest BCUT2D eigenvalue weighted by Crippen LogP contribution is 2.57. The van der Waals surface area contributed by atoms with Crippen molar-refractivity contribution in [3.63, 3.8) is 0 Å². The number of halogens is 1. The van der Waals surface area contributed by atoms with Crippen LogP contribution in [0.2, 0.25) is 0 Å². The van der Waals surface area contributed by atoms with Crippen molar-refractivity contribution >= 4 is 20.0 Å². The highest BCUT2D eigenvalue weighted by Gasteiger charge is 2.68. The summed E-state index contributed by atoms with van der Waals surface area (Å²) < 4.78 is 62.1. The molecular weight excluding hydrogens is 259 g/mol. The van der Waals surface area contributed by atoms with Gasteiger partial charge in [-0.2, -0.15) is 8.42 Å². The Labute approximate surface area is 94.0 Å². The molecule has 2 aliphatic carbocycles. The van der Waals surface area contributed by atoms with Crippen molar-refractivity contribution in [1.82, 2.24) is 0 Å². The summed E-state index contributed by atoms with van der Waals surface area (Å²) in [4.78, 5) is 0. The van der Waals surface area contributed by atoms with E-state index >= 15 is 0 Å². The second kappa shape index (κ2) is 3.17. The van der Waals surface area contributed by atoms with Crippen molar-refractivity contribution in [3.8, 4) is 0 Å². The maximum atomic E-state index is 13.6. The summed E-state index contributed by atoms with van der Waals surface area (Å²) >= 11 is 0. The molecule has 0 atom stereocenters. The van der Waals surface area contributed by atoms with Crippen molar-refractivity contribution < 1.29 is 25.4 Å². The first kappa shape index (κ1) is 12.3. The molecule has 2 aliphatic rings. The summed E-state index contributed by atoms with van der Waals surface area (Å²) in [7, 11) is -7.62. The van der Waals surface area contributed by atoms with Crippen LogP contribution in [0.25, 0.3) is 0 Å².